The first-order chi connectivity index (χ1) is 16.8. The number of aryl methyl sites for hydroxylation is 1. The molecular formula is C26H34N4O5. The normalized spacial score (nSPS) is 15.8. The van der Waals surface area contributed by atoms with Crippen molar-refractivity contribution in [2.24, 2.45) is 16.9 Å². The predicted octanol–water partition coefficient (Wildman–Crippen LogP) is 2.13. The fraction of sp³-hybridized carbons (Fsp3) is 0.423. The van der Waals surface area contributed by atoms with Crippen LogP contribution in [0.15, 0.2) is 48.5 Å². The molecular weight excluding hydrogens is 448 g/mol. The SMILES string of the molecule is CCc1ccc(NC(=O)OCC2(C(C(N)=O)c3ccccc3CO)CCN(C(=O)CN)CC2)cc1. The monoisotopic (exact) mass is 482 g/mol. The van der Waals surface area contributed by atoms with Crippen molar-refractivity contribution in [3.05, 3.63) is 65.2 Å². The number of nitrogens with two attached hydrogens (primary N) is 2. The molecule has 3 rings (SSSR count). The van der Waals surface area contributed by atoms with E-state index in [4.69, 9.17) is 16.2 Å². The molecule has 2 aromatic rings. The summed E-state index contributed by atoms with van der Waals surface area (Å²) in [4.78, 5) is 39.3. The van der Waals surface area contributed by atoms with Crippen molar-refractivity contribution < 1.29 is 24.2 Å². The summed E-state index contributed by atoms with van der Waals surface area (Å²) in [6, 6.07) is 14.5. The van der Waals surface area contributed by atoms with E-state index >= 15 is 0 Å². The van der Waals surface area contributed by atoms with Crippen molar-refractivity contribution in [1.82, 2.24) is 4.90 Å². The van der Waals surface area contributed by atoms with Crippen molar-refractivity contribution in [1.29, 1.82) is 0 Å². The minimum atomic E-state index is -0.855. The number of nitrogens with one attached hydrogen (secondary N) is 1. The Bertz CT molecular complexity index is 1030. The molecule has 1 atom stereocenters. The van der Waals surface area contributed by atoms with Gasteiger partial charge in [0.15, 0.2) is 0 Å². The maximum Gasteiger partial charge on any atom is 0.411 e. The van der Waals surface area contributed by atoms with Crippen LogP contribution in [-0.4, -0.2) is 54.2 Å². The summed E-state index contributed by atoms with van der Waals surface area (Å²) >= 11 is 0. The molecule has 0 radical (unpaired) electrons. The lowest BCUT2D eigenvalue weighted by molar-refractivity contribution is -0.134. The third-order valence-electron chi connectivity index (χ3n) is 6.82. The second-order valence-corrected chi connectivity index (χ2v) is 8.89. The number of piperidine rings is 1. The minimum Gasteiger partial charge on any atom is -0.449 e. The van der Waals surface area contributed by atoms with Crippen LogP contribution in [-0.2, 0) is 27.4 Å². The summed E-state index contributed by atoms with van der Waals surface area (Å²) < 4.78 is 5.65. The van der Waals surface area contributed by atoms with E-state index in [2.05, 4.69) is 5.32 Å². The summed E-state index contributed by atoms with van der Waals surface area (Å²) in [6.45, 7) is 2.31. The number of rotatable bonds is 9. The van der Waals surface area contributed by atoms with Crippen molar-refractivity contribution in [3.8, 4) is 0 Å². The highest BCUT2D eigenvalue weighted by Gasteiger charge is 2.47. The lowest BCUT2D eigenvalue weighted by atomic mass is 9.65. The number of aliphatic hydroxyl groups is 1. The minimum absolute atomic E-state index is 0.0795. The molecule has 1 unspecified atom stereocenters. The smallest absolute Gasteiger partial charge is 0.411 e. The molecule has 6 N–H and O–H groups in total. The molecule has 0 aliphatic carbocycles. The second-order valence-electron chi connectivity index (χ2n) is 8.89. The van der Waals surface area contributed by atoms with E-state index in [1.807, 2.05) is 19.1 Å². The number of aliphatic hydroxyl groups excluding tert-OH is 1. The number of likely N-dealkylation sites (tertiary alicyclic amines) is 1. The number of benzene rings is 2. The number of amides is 3. The number of hydrogen-bond donors (Lipinski definition) is 4. The van der Waals surface area contributed by atoms with E-state index in [0.29, 0.717) is 42.7 Å². The van der Waals surface area contributed by atoms with Crippen LogP contribution in [0, 0.1) is 5.41 Å². The second kappa shape index (κ2) is 11.8. The van der Waals surface area contributed by atoms with Gasteiger partial charge in [0.25, 0.3) is 0 Å². The molecule has 188 valence electrons. The van der Waals surface area contributed by atoms with E-state index in [9.17, 15) is 19.5 Å². The maximum atomic E-state index is 12.8. The molecule has 1 saturated heterocycles. The van der Waals surface area contributed by atoms with Gasteiger partial charge in [-0.05, 0) is 48.1 Å². The summed E-state index contributed by atoms with van der Waals surface area (Å²) in [6.07, 6.45) is 1.00. The Morgan fingerprint density at radius 1 is 1.11 bits per heavy atom. The summed E-state index contributed by atoms with van der Waals surface area (Å²) in [5, 5.41) is 12.6. The van der Waals surface area contributed by atoms with Crippen molar-refractivity contribution >= 4 is 23.6 Å². The number of hydrogen-bond acceptors (Lipinski definition) is 6. The highest BCUT2D eigenvalue weighted by molar-refractivity contribution is 5.85. The Morgan fingerprint density at radius 3 is 2.34 bits per heavy atom. The van der Waals surface area contributed by atoms with Crippen molar-refractivity contribution in [3.63, 3.8) is 0 Å². The van der Waals surface area contributed by atoms with Gasteiger partial charge in [-0.1, -0.05) is 43.3 Å². The van der Waals surface area contributed by atoms with Crippen LogP contribution in [0.2, 0.25) is 0 Å². The van der Waals surface area contributed by atoms with Gasteiger partial charge in [-0.25, -0.2) is 4.79 Å². The van der Waals surface area contributed by atoms with Crippen LogP contribution >= 0.6 is 0 Å². The third kappa shape index (κ3) is 6.17. The summed E-state index contributed by atoms with van der Waals surface area (Å²) in [7, 11) is 0. The average molecular weight is 483 g/mol. The molecule has 1 aliphatic rings. The number of carbonyl (C=O) groups is 3. The molecule has 35 heavy (non-hydrogen) atoms. The summed E-state index contributed by atoms with van der Waals surface area (Å²) in [5.41, 5.74) is 13.5. The van der Waals surface area contributed by atoms with E-state index in [1.165, 1.54) is 0 Å². The Morgan fingerprint density at radius 2 is 1.77 bits per heavy atom. The zero-order valence-corrected chi connectivity index (χ0v) is 20.0. The number of anilines is 1. The molecule has 1 fully saturated rings. The van der Waals surface area contributed by atoms with E-state index in [1.54, 1.807) is 41.3 Å². The van der Waals surface area contributed by atoms with E-state index in [-0.39, 0.29) is 25.7 Å². The van der Waals surface area contributed by atoms with Gasteiger partial charge in [0.05, 0.1) is 19.1 Å². The van der Waals surface area contributed by atoms with Gasteiger partial charge in [-0.15, -0.1) is 0 Å². The van der Waals surface area contributed by atoms with Crippen LogP contribution in [0.4, 0.5) is 10.5 Å². The van der Waals surface area contributed by atoms with Gasteiger partial charge in [-0.2, -0.15) is 0 Å². The number of carbonyl (C=O) groups excluding carboxylic acids is 3. The zero-order valence-electron chi connectivity index (χ0n) is 20.0. The molecule has 3 amide bonds. The zero-order chi connectivity index (χ0) is 25.4. The molecule has 1 heterocycles. The molecule has 2 aromatic carbocycles. The van der Waals surface area contributed by atoms with Crippen molar-refractivity contribution in [2.75, 3.05) is 31.6 Å². The first kappa shape index (κ1) is 26.2. The third-order valence-corrected chi connectivity index (χ3v) is 6.82. The Hall–Kier alpha value is -3.43. The fourth-order valence-corrected chi connectivity index (χ4v) is 4.78. The van der Waals surface area contributed by atoms with Crippen molar-refractivity contribution in [2.45, 2.75) is 38.7 Å². The molecule has 0 saturated carbocycles. The van der Waals surface area contributed by atoms with Crippen LogP contribution in [0.25, 0.3) is 0 Å². The van der Waals surface area contributed by atoms with Gasteiger partial charge in [0, 0.05) is 24.2 Å². The predicted molar refractivity (Wildman–Crippen MR) is 132 cm³/mol. The Labute approximate surface area is 205 Å². The number of primary amides is 1. The maximum absolute atomic E-state index is 12.8. The largest absolute Gasteiger partial charge is 0.449 e. The van der Waals surface area contributed by atoms with Crippen LogP contribution in [0.1, 0.15) is 42.4 Å². The van der Waals surface area contributed by atoms with E-state index < -0.39 is 23.3 Å². The van der Waals surface area contributed by atoms with Gasteiger partial charge >= 0.3 is 6.09 Å². The van der Waals surface area contributed by atoms with Gasteiger partial charge < -0.3 is 26.2 Å². The van der Waals surface area contributed by atoms with Gasteiger partial charge in [0.2, 0.25) is 11.8 Å². The quantitative estimate of drug-likeness (QED) is 0.430. The molecule has 1 aliphatic heterocycles. The summed E-state index contributed by atoms with van der Waals surface area (Å²) in [5.74, 6) is -1.58. The molecule has 0 bridgehead atoms. The Balaban J connectivity index is 1.85. The highest BCUT2D eigenvalue weighted by Crippen LogP contribution is 2.46. The van der Waals surface area contributed by atoms with Crippen LogP contribution in [0.5, 0.6) is 0 Å². The number of nitrogens with zero attached hydrogens (tertiary/aromatic N) is 1. The first-order valence-electron chi connectivity index (χ1n) is 11.8. The fourth-order valence-electron chi connectivity index (χ4n) is 4.78. The first-order valence-corrected chi connectivity index (χ1v) is 11.8. The topological polar surface area (TPSA) is 148 Å². The average Bonchev–Trinajstić information content (AvgIpc) is 2.88. The standard InChI is InChI=1S/C26H34N4O5/c1-2-18-7-9-20(10-8-18)29-25(34)35-17-26(11-13-30(14-12-26)22(32)15-27)23(24(28)33)21-6-4-3-5-19(21)16-31/h3-10,23,31H,2,11-17,27H2,1H3,(H2,28,33)(H,29,34). The van der Waals surface area contributed by atoms with Crippen LogP contribution in [0.3, 0.4) is 0 Å². The molecule has 0 aromatic heterocycles. The van der Waals surface area contributed by atoms with E-state index in [0.717, 1.165) is 12.0 Å². The van der Waals surface area contributed by atoms with Crippen LogP contribution < -0.4 is 16.8 Å². The molecule has 9 nitrogen and oxygen atoms in total. The highest BCUT2D eigenvalue weighted by atomic mass is 16.5. The van der Waals surface area contributed by atoms with Gasteiger partial charge in [-0.3, -0.25) is 14.9 Å². The van der Waals surface area contributed by atoms with Gasteiger partial charge in [0.1, 0.15) is 6.61 Å². The Kier molecular flexibility index (Phi) is 8.84. The lowest BCUT2D eigenvalue weighted by Crippen LogP contribution is -2.51. The molecule has 0 spiro atoms. The number of ether oxygens (including phenoxy) is 1. The lowest BCUT2D eigenvalue weighted by Gasteiger charge is -2.45. The molecule has 9 heteroatoms.